The summed E-state index contributed by atoms with van der Waals surface area (Å²) in [6.07, 6.45) is 0. The van der Waals surface area contributed by atoms with E-state index in [1.165, 1.54) is 7.11 Å². The van der Waals surface area contributed by atoms with Crippen LogP contribution >= 0.6 is 11.6 Å². The number of carbonyl (C=O) groups is 2. The van der Waals surface area contributed by atoms with Crippen molar-refractivity contribution >= 4 is 29.1 Å². The lowest BCUT2D eigenvalue weighted by molar-refractivity contribution is -0.137. The molecule has 0 bridgehead atoms. The summed E-state index contributed by atoms with van der Waals surface area (Å²) in [7, 11) is 1.48. The van der Waals surface area contributed by atoms with Crippen molar-refractivity contribution in [1.29, 1.82) is 0 Å². The minimum absolute atomic E-state index is 0.0340. The van der Waals surface area contributed by atoms with Crippen LogP contribution in [-0.2, 0) is 9.53 Å². The highest BCUT2D eigenvalue weighted by molar-refractivity contribution is 6.31. The number of hydrogen-bond donors (Lipinski definition) is 1. The lowest BCUT2D eigenvalue weighted by Crippen LogP contribution is -2.42. The van der Waals surface area contributed by atoms with Crippen LogP contribution in [0.1, 0.15) is 10.4 Å². The predicted octanol–water partition coefficient (Wildman–Crippen LogP) is 2.84. The monoisotopic (exact) mass is 404 g/mol. The van der Waals surface area contributed by atoms with Crippen molar-refractivity contribution in [3.8, 4) is 11.5 Å². The van der Waals surface area contributed by atoms with E-state index in [-0.39, 0.29) is 18.4 Å². The van der Waals surface area contributed by atoms with E-state index >= 15 is 0 Å². The molecule has 1 heterocycles. The summed E-state index contributed by atoms with van der Waals surface area (Å²) in [4.78, 5) is 26.3. The number of benzene rings is 2. The number of rotatable bonds is 6. The minimum Gasteiger partial charge on any atom is -0.496 e. The van der Waals surface area contributed by atoms with Gasteiger partial charge in [0, 0.05) is 23.8 Å². The first-order chi connectivity index (χ1) is 13.6. The first kappa shape index (κ1) is 20.0. The normalized spacial score (nSPS) is 13.7. The highest BCUT2D eigenvalue weighted by atomic mass is 35.5. The van der Waals surface area contributed by atoms with Crippen LogP contribution in [0.2, 0.25) is 5.02 Å². The number of morpholine rings is 1. The molecule has 0 saturated carbocycles. The molecule has 0 spiro atoms. The van der Waals surface area contributed by atoms with Crippen molar-refractivity contribution in [3.63, 3.8) is 0 Å². The third kappa shape index (κ3) is 5.15. The molecule has 0 radical (unpaired) electrons. The molecule has 8 heteroatoms. The van der Waals surface area contributed by atoms with Gasteiger partial charge in [0.1, 0.15) is 11.5 Å². The molecular formula is C20H21ClN2O5. The van der Waals surface area contributed by atoms with Gasteiger partial charge in [-0.3, -0.25) is 9.59 Å². The quantitative estimate of drug-likeness (QED) is 0.801. The van der Waals surface area contributed by atoms with E-state index in [4.69, 9.17) is 25.8 Å². The summed E-state index contributed by atoms with van der Waals surface area (Å²) in [6.45, 7) is 2.24. The highest BCUT2D eigenvalue weighted by Crippen LogP contribution is 2.24. The Kier molecular flexibility index (Phi) is 6.73. The van der Waals surface area contributed by atoms with E-state index in [0.29, 0.717) is 54.1 Å². The summed E-state index contributed by atoms with van der Waals surface area (Å²) < 4.78 is 16.0. The Labute approximate surface area is 168 Å². The molecule has 2 amide bonds. The van der Waals surface area contributed by atoms with Gasteiger partial charge in [-0.25, -0.2) is 0 Å². The first-order valence-electron chi connectivity index (χ1n) is 8.80. The lowest BCUT2D eigenvalue weighted by atomic mass is 10.2. The maximum Gasteiger partial charge on any atom is 0.260 e. The van der Waals surface area contributed by atoms with E-state index in [2.05, 4.69) is 5.32 Å². The van der Waals surface area contributed by atoms with E-state index in [1.54, 1.807) is 47.4 Å². The molecule has 28 heavy (non-hydrogen) atoms. The lowest BCUT2D eigenvalue weighted by Gasteiger charge is -2.26. The Morgan fingerprint density at radius 2 is 1.86 bits per heavy atom. The Hall–Kier alpha value is -2.77. The summed E-state index contributed by atoms with van der Waals surface area (Å²) in [5.74, 6) is 0.551. The van der Waals surface area contributed by atoms with Crippen LogP contribution in [0.25, 0.3) is 0 Å². The third-order valence-corrected chi connectivity index (χ3v) is 4.48. The van der Waals surface area contributed by atoms with Crippen LogP contribution in [-0.4, -0.2) is 56.7 Å². The molecule has 1 aliphatic rings. The fraction of sp³-hybridized carbons (Fsp3) is 0.300. The first-order valence-corrected chi connectivity index (χ1v) is 9.18. The number of methoxy groups -OCH3 is 1. The number of amides is 2. The number of ether oxygens (including phenoxy) is 3. The van der Waals surface area contributed by atoms with Gasteiger partial charge in [0.2, 0.25) is 0 Å². The molecule has 1 N–H and O–H groups in total. The van der Waals surface area contributed by atoms with Crippen LogP contribution in [0.4, 0.5) is 5.69 Å². The Balaban J connectivity index is 1.55. The molecule has 0 atom stereocenters. The summed E-state index contributed by atoms with van der Waals surface area (Å²) in [5.41, 5.74) is 0.970. The summed E-state index contributed by atoms with van der Waals surface area (Å²) in [5, 5.41) is 3.28. The second kappa shape index (κ2) is 9.43. The maximum atomic E-state index is 12.5. The van der Waals surface area contributed by atoms with Crippen LogP contribution in [0.5, 0.6) is 11.5 Å². The van der Waals surface area contributed by atoms with Gasteiger partial charge in [-0.2, -0.15) is 0 Å². The number of nitrogens with one attached hydrogen (secondary N) is 1. The van der Waals surface area contributed by atoms with Gasteiger partial charge in [0.15, 0.2) is 6.61 Å². The molecule has 1 aliphatic heterocycles. The van der Waals surface area contributed by atoms with Crippen LogP contribution in [0.15, 0.2) is 42.5 Å². The zero-order chi connectivity index (χ0) is 19.9. The molecule has 148 valence electrons. The zero-order valence-corrected chi connectivity index (χ0v) is 16.2. The SMILES string of the molecule is COc1cc(Cl)ccc1C(=O)Nc1ccc(OCC(=O)N2CCOCC2)cc1. The van der Waals surface area contributed by atoms with Crippen molar-refractivity contribution in [2.45, 2.75) is 0 Å². The maximum absolute atomic E-state index is 12.5. The van der Waals surface area contributed by atoms with Crippen molar-refractivity contribution in [2.24, 2.45) is 0 Å². The van der Waals surface area contributed by atoms with Gasteiger partial charge in [-0.05, 0) is 42.5 Å². The molecule has 7 nitrogen and oxygen atoms in total. The van der Waals surface area contributed by atoms with Gasteiger partial charge in [-0.1, -0.05) is 11.6 Å². The minimum atomic E-state index is -0.315. The molecule has 1 fully saturated rings. The van der Waals surface area contributed by atoms with Crippen LogP contribution in [0, 0.1) is 0 Å². The molecule has 2 aromatic carbocycles. The number of nitrogens with zero attached hydrogens (tertiary/aromatic N) is 1. The van der Waals surface area contributed by atoms with Gasteiger partial charge < -0.3 is 24.4 Å². The standard InChI is InChI=1S/C20H21ClN2O5/c1-26-18-12-14(21)2-7-17(18)20(25)22-15-3-5-16(6-4-15)28-13-19(24)23-8-10-27-11-9-23/h2-7,12H,8-11,13H2,1H3,(H,22,25). The average molecular weight is 405 g/mol. The highest BCUT2D eigenvalue weighted by Gasteiger charge is 2.17. The number of halogens is 1. The van der Waals surface area contributed by atoms with Crippen LogP contribution < -0.4 is 14.8 Å². The average Bonchev–Trinajstić information content (AvgIpc) is 2.73. The fourth-order valence-corrected chi connectivity index (χ4v) is 2.90. The van der Waals surface area contributed by atoms with Crippen LogP contribution in [0.3, 0.4) is 0 Å². The topological polar surface area (TPSA) is 77.1 Å². The van der Waals surface area contributed by atoms with E-state index in [1.807, 2.05) is 0 Å². The zero-order valence-electron chi connectivity index (χ0n) is 15.4. The largest absolute Gasteiger partial charge is 0.496 e. The predicted molar refractivity (Wildman–Crippen MR) is 105 cm³/mol. The fourth-order valence-electron chi connectivity index (χ4n) is 2.73. The van der Waals surface area contributed by atoms with Gasteiger partial charge >= 0.3 is 0 Å². The summed E-state index contributed by atoms with van der Waals surface area (Å²) in [6, 6.07) is 11.6. The molecular weight excluding hydrogens is 384 g/mol. The van der Waals surface area contributed by atoms with E-state index in [0.717, 1.165) is 0 Å². The van der Waals surface area contributed by atoms with Gasteiger partial charge in [-0.15, -0.1) is 0 Å². The molecule has 0 aromatic heterocycles. The Morgan fingerprint density at radius 3 is 2.54 bits per heavy atom. The smallest absolute Gasteiger partial charge is 0.260 e. The molecule has 1 saturated heterocycles. The van der Waals surface area contributed by atoms with E-state index in [9.17, 15) is 9.59 Å². The Bertz CT molecular complexity index is 835. The van der Waals surface area contributed by atoms with Crippen molar-refractivity contribution in [3.05, 3.63) is 53.1 Å². The van der Waals surface area contributed by atoms with Crippen molar-refractivity contribution < 1.29 is 23.8 Å². The third-order valence-electron chi connectivity index (χ3n) is 4.25. The molecule has 0 aliphatic carbocycles. The number of anilines is 1. The number of carbonyl (C=O) groups excluding carboxylic acids is 2. The second-order valence-corrected chi connectivity index (χ2v) is 6.54. The van der Waals surface area contributed by atoms with Crippen molar-refractivity contribution in [1.82, 2.24) is 4.90 Å². The molecule has 2 aromatic rings. The summed E-state index contributed by atoms with van der Waals surface area (Å²) >= 11 is 5.92. The van der Waals surface area contributed by atoms with E-state index < -0.39 is 0 Å². The van der Waals surface area contributed by atoms with Gasteiger partial charge in [0.05, 0.1) is 25.9 Å². The van der Waals surface area contributed by atoms with Crippen molar-refractivity contribution in [2.75, 3.05) is 45.3 Å². The van der Waals surface area contributed by atoms with Gasteiger partial charge in [0.25, 0.3) is 11.8 Å². The molecule has 0 unspecified atom stereocenters. The molecule has 3 rings (SSSR count). The Morgan fingerprint density at radius 1 is 1.14 bits per heavy atom. The number of hydrogen-bond acceptors (Lipinski definition) is 5. The second-order valence-electron chi connectivity index (χ2n) is 6.10.